The molecule has 6 nitrogen and oxygen atoms in total. The second-order valence-electron chi connectivity index (χ2n) is 5.14. The smallest absolute Gasteiger partial charge is 0.241 e. The zero-order valence-electron chi connectivity index (χ0n) is 11.9. The number of hydrogen-bond donors (Lipinski definition) is 1. The topological polar surface area (TPSA) is 69.2 Å². The molecule has 2 aliphatic heterocycles. The second-order valence-corrected chi connectivity index (χ2v) is 5.14. The zero-order chi connectivity index (χ0) is 14.7. The van der Waals surface area contributed by atoms with Crippen molar-refractivity contribution in [3.8, 4) is 11.5 Å². The van der Waals surface area contributed by atoms with Crippen LogP contribution in [0.15, 0.2) is 23.3 Å². The van der Waals surface area contributed by atoms with Gasteiger partial charge in [-0.05, 0) is 17.7 Å². The molecule has 1 fully saturated rings. The van der Waals surface area contributed by atoms with E-state index in [-0.39, 0.29) is 17.9 Å². The van der Waals surface area contributed by atoms with Crippen molar-refractivity contribution in [2.45, 2.75) is 24.9 Å². The monoisotopic (exact) mass is 290 g/mol. The molecule has 0 bridgehead atoms. The number of amides is 1. The van der Waals surface area contributed by atoms with E-state index >= 15 is 0 Å². The quantitative estimate of drug-likeness (QED) is 0.911. The third-order valence-electron chi connectivity index (χ3n) is 3.65. The van der Waals surface area contributed by atoms with Crippen molar-refractivity contribution in [3.05, 3.63) is 23.8 Å². The fourth-order valence-electron chi connectivity index (χ4n) is 2.50. The molecule has 0 spiro atoms. The molecule has 1 amide bonds. The van der Waals surface area contributed by atoms with Gasteiger partial charge in [-0.2, -0.15) is 5.10 Å². The number of benzene rings is 1. The fraction of sp³-hybridized carbons (Fsp3) is 0.467. The first-order valence-electron chi connectivity index (χ1n) is 7.00. The van der Waals surface area contributed by atoms with Crippen LogP contribution in [0.2, 0.25) is 0 Å². The number of carbonyl (C=O) groups excluding carboxylic acids is 1. The minimum atomic E-state index is -0.0787. The molecule has 1 N–H and O–H groups in total. The van der Waals surface area contributed by atoms with Gasteiger partial charge in [-0.3, -0.25) is 4.79 Å². The fourth-order valence-corrected chi connectivity index (χ4v) is 2.50. The number of nitrogens with one attached hydrogen (secondary N) is 1. The summed E-state index contributed by atoms with van der Waals surface area (Å²) in [5.41, 5.74) is 3.42. The summed E-state index contributed by atoms with van der Waals surface area (Å²) in [4.78, 5) is 11.4. The molecule has 6 heteroatoms. The van der Waals surface area contributed by atoms with E-state index in [4.69, 9.17) is 14.2 Å². The average molecular weight is 290 g/mol. The van der Waals surface area contributed by atoms with Gasteiger partial charge in [0.25, 0.3) is 0 Å². The first kappa shape index (κ1) is 13.9. The van der Waals surface area contributed by atoms with Crippen LogP contribution < -0.4 is 14.9 Å². The maximum atomic E-state index is 11.4. The lowest BCUT2D eigenvalue weighted by Gasteiger charge is -2.19. The van der Waals surface area contributed by atoms with Crippen LogP contribution in [0.1, 0.15) is 24.3 Å². The highest BCUT2D eigenvalue weighted by Crippen LogP contribution is 2.33. The molecule has 2 aliphatic rings. The van der Waals surface area contributed by atoms with Crippen molar-refractivity contribution in [2.24, 2.45) is 5.10 Å². The molecule has 112 valence electrons. The zero-order valence-corrected chi connectivity index (χ0v) is 11.9. The van der Waals surface area contributed by atoms with Crippen molar-refractivity contribution in [2.75, 3.05) is 20.3 Å². The summed E-state index contributed by atoms with van der Waals surface area (Å²) in [6.45, 7) is 1.32. The molecule has 0 saturated carbocycles. The Hall–Kier alpha value is -2.08. The number of carbonyl (C=O) groups is 1. The molecule has 1 aromatic carbocycles. The molecule has 1 aromatic rings. The number of nitrogens with zero attached hydrogens (tertiary/aromatic N) is 1. The summed E-state index contributed by atoms with van der Waals surface area (Å²) >= 11 is 0. The molecule has 0 aromatic heterocycles. The lowest BCUT2D eigenvalue weighted by Crippen LogP contribution is -2.26. The van der Waals surface area contributed by atoms with Crippen molar-refractivity contribution < 1.29 is 19.0 Å². The van der Waals surface area contributed by atoms with Crippen molar-refractivity contribution >= 4 is 12.1 Å². The summed E-state index contributed by atoms with van der Waals surface area (Å²) in [5.74, 6) is 1.25. The van der Waals surface area contributed by atoms with Gasteiger partial charge in [-0.15, -0.1) is 0 Å². The Morgan fingerprint density at radius 2 is 2.29 bits per heavy atom. The van der Waals surface area contributed by atoms with E-state index in [1.807, 2.05) is 18.2 Å². The summed E-state index contributed by atoms with van der Waals surface area (Å²) in [6.07, 6.45) is 3.06. The van der Waals surface area contributed by atoms with Crippen LogP contribution in [0.25, 0.3) is 0 Å². The summed E-state index contributed by atoms with van der Waals surface area (Å²) in [7, 11) is 1.61. The summed E-state index contributed by atoms with van der Waals surface area (Å²) < 4.78 is 16.6. The van der Waals surface area contributed by atoms with Crippen LogP contribution in [0, 0.1) is 0 Å². The SMILES string of the molecule is COc1ccc(C2C=NNC(=O)C2)cc1OC1CCOC1. The Balaban J connectivity index is 1.83. The van der Waals surface area contributed by atoms with E-state index in [0.717, 1.165) is 18.6 Å². The van der Waals surface area contributed by atoms with Crippen LogP contribution in [0.5, 0.6) is 11.5 Å². The second kappa shape index (κ2) is 6.13. The van der Waals surface area contributed by atoms with Crippen LogP contribution in [0.4, 0.5) is 0 Å². The highest BCUT2D eigenvalue weighted by molar-refractivity contribution is 5.86. The molecular weight excluding hydrogens is 272 g/mol. The summed E-state index contributed by atoms with van der Waals surface area (Å²) in [6, 6.07) is 5.72. The predicted octanol–water partition coefficient (Wildman–Crippen LogP) is 1.45. The highest BCUT2D eigenvalue weighted by atomic mass is 16.6. The van der Waals surface area contributed by atoms with E-state index < -0.39 is 0 Å². The van der Waals surface area contributed by atoms with Gasteiger partial charge in [0.2, 0.25) is 5.91 Å². The molecule has 21 heavy (non-hydrogen) atoms. The number of hydrogen-bond acceptors (Lipinski definition) is 5. The van der Waals surface area contributed by atoms with E-state index in [9.17, 15) is 4.79 Å². The lowest BCUT2D eigenvalue weighted by atomic mass is 9.95. The Morgan fingerprint density at radius 1 is 1.38 bits per heavy atom. The van der Waals surface area contributed by atoms with E-state index in [0.29, 0.717) is 24.5 Å². The predicted molar refractivity (Wildman–Crippen MR) is 76.8 cm³/mol. The largest absolute Gasteiger partial charge is 0.493 e. The van der Waals surface area contributed by atoms with Gasteiger partial charge in [0.15, 0.2) is 11.5 Å². The van der Waals surface area contributed by atoms with Crippen molar-refractivity contribution in [3.63, 3.8) is 0 Å². The average Bonchev–Trinajstić information content (AvgIpc) is 3.00. The van der Waals surface area contributed by atoms with Crippen LogP contribution >= 0.6 is 0 Å². The van der Waals surface area contributed by atoms with Gasteiger partial charge < -0.3 is 14.2 Å². The molecule has 3 rings (SSSR count). The molecule has 2 atom stereocenters. The van der Waals surface area contributed by atoms with Crippen molar-refractivity contribution in [1.29, 1.82) is 0 Å². The molecule has 0 radical (unpaired) electrons. The van der Waals surface area contributed by atoms with Gasteiger partial charge in [-0.25, -0.2) is 5.43 Å². The third kappa shape index (κ3) is 3.16. The van der Waals surface area contributed by atoms with Crippen LogP contribution in [-0.2, 0) is 9.53 Å². The van der Waals surface area contributed by atoms with Gasteiger partial charge >= 0.3 is 0 Å². The molecular formula is C15H18N2O4. The minimum Gasteiger partial charge on any atom is -0.493 e. The highest BCUT2D eigenvalue weighted by Gasteiger charge is 2.22. The Labute approximate surface area is 123 Å². The van der Waals surface area contributed by atoms with Crippen molar-refractivity contribution in [1.82, 2.24) is 5.43 Å². The Morgan fingerprint density at radius 3 is 3.00 bits per heavy atom. The summed E-state index contributed by atoms with van der Waals surface area (Å²) in [5, 5.41) is 3.87. The lowest BCUT2D eigenvalue weighted by molar-refractivity contribution is -0.121. The third-order valence-corrected chi connectivity index (χ3v) is 3.65. The van der Waals surface area contributed by atoms with Gasteiger partial charge in [0, 0.05) is 25.0 Å². The Kier molecular flexibility index (Phi) is 4.06. The number of hydrazone groups is 1. The standard InChI is InChI=1S/C15H18N2O4/c1-19-13-3-2-10(11-7-15(18)17-16-8-11)6-14(13)21-12-4-5-20-9-12/h2-3,6,8,11-12H,4-5,7,9H2,1H3,(H,17,18). The van der Waals surface area contributed by atoms with Crippen LogP contribution in [0.3, 0.4) is 0 Å². The maximum absolute atomic E-state index is 11.4. The normalized spacial score (nSPS) is 24.7. The number of rotatable bonds is 4. The first-order chi connectivity index (χ1) is 10.3. The van der Waals surface area contributed by atoms with E-state index in [1.165, 1.54) is 0 Å². The molecule has 0 aliphatic carbocycles. The molecule has 2 unspecified atom stereocenters. The van der Waals surface area contributed by atoms with Crippen LogP contribution in [-0.4, -0.2) is 38.5 Å². The maximum Gasteiger partial charge on any atom is 0.241 e. The van der Waals surface area contributed by atoms with Gasteiger partial charge in [0.1, 0.15) is 6.10 Å². The van der Waals surface area contributed by atoms with Gasteiger partial charge in [0.05, 0.1) is 20.3 Å². The van der Waals surface area contributed by atoms with Gasteiger partial charge in [-0.1, -0.05) is 6.07 Å². The van der Waals surface area contributed by atoms with E-state index in [2.05, 4.69) is 10.5 Å². The first-order valence-corrected chi connectivity index (χ1v) is 7.00. The molecule has 2 heterocycles. The Bertz CT molecular complexity index is 553. The molecule has 1 saturated heterocycles. The number of methoxy groups -OCH3 is 1. The van der Waals surface area contributed by atoms with E-state index in [1.54, 1.807) is 13.3 Å². The number of ether oxygens (including phenoxy) is 3. The minimum absolute atomic E-state index is 0.0353.